The molecule has 0 atom stereocenters. The molecular weight excluding hydrogens is 222 g/mol. The van der Waals surface area contributed by atoms with E-state index in [1.807, 2.05) is 12.1 Å². The molecule has 2 aromatic rings. The highest BCUT2D eigenvalue weighted by Crippen LogP contribution is 2.20. The third kappa shape index (κ3) is 2.86. The van der Waals surface area contributed by atoms with E-state index in [9.17, 15) is 0 Å². The van der Waals surface area contributed by atoms with Crippen LogP contribution in [0.5, 0.6) is 0 Å². The van der Waals surface area contributed by atoms with Crippen molar-refractivity contribution in [2.45, 2.75) is 33.7 Å². The number of aromatic nitrogens is 2. The molecule has 0 radical (unpaired) electrons. The van der Waals surface area contributed by atoms with Gasteiger partial charge in [0, 0.05) is 11.6 Å². The summed E-state index contributed by atoms with van der Waals surface area (Å²) in [5, 5.41) is 11.7. The molecule has 1 aromatic heterocycles. The first-order valence-electron chi connectivity index (χ1n) is 6.24. The third-order valence-electron chi connectivity index (χ3n) is 2.90. The fourth-order valence-corrected chi connectivity index (χ4v) is 1.76. The molecule has 1 N–H and O–H groups in total. The van der Waals surface area contributed by atoms with Crippen molar-refractivity contribution in [1.82, 2.24) is 10.2 Å². The Morgan fingerprint density at radius 1 is 0.944 bits per heavy atom. The number of hydrogen-bond donors (Lipinski definition) is 1. The summed E-state index contributed by atoms with van der Waals surface area (Å²) >= 11 is 0. The standard InChI is InChI=1S/C15H19N3/c1-10(2)16-15-8-7-14(17-18-15)13-6-5-11(3)12(4)9-13/h5-10H,1-4H3,(H,16,18). The maximum Gasteiger partial charge on any atom is 0.148 e. The molecule has 0 unspecified atom stereocenters. The van der Waals surface area contributed by atoms with Gasteiger partial charge in [0.05, 0.1) is 5.69 Å². The molecule has 1 heterocycles. The van der Waals surface area contributed by atoms with Crippen LogP contribution in [-0.4, -0.2) is 16.2 Å². The molecule has 0 saturated heterocycles. The molecular formula is C15H19N3. The third-order valence-corrected chi connectivity index (χ3v) is 2.90. The number of rotatable bonds is 3. The molecule has 0 aliphatic carbocycles. The summed E-state index contributed by atoms with van der Waals surface area (Å²) < 4.78 is 0. The van der Waals surface area contributed by atoms with Crippen molar-refractivity contribution >= 4 is 5.82 Å². The molecule has 18 heavy (non-hydrogen) atoms. The van der Waals surface area contributed by atoms with Gasteiger partial charge in [-0.15, -0.1) is 10.2 Å². The molecule has 0 aliphatic heterocycles. The van der Waals surface area contributed by atoms with Gasteiger partial charge in [-0.1, -0.05) is 12.1 Å². The van der Waals surface area contributed by atoms with Gasteiger partial charge in [-0.05, 0) is 57.0 Å². The van der Waals surface area contributed by atoms with Gasteiger partial charge in [-0.25, -0.2) is 0 Å². The van der Waals surface area contributed by atoms with Crippen molar-refractivity contribution in [3.05, 3.63) is 41.5 Å². The molecule has 94 valence electrons. The van der Waals surface area contributed by atoms with Crippen molar-refractivity contribution in [3.8, 4) is 11.3 Å². The van der Waals surface area contributed by atoms with Crippen LogP contribution in [-0.2, 0) is 0 Å². The summed E-state index contributed by atoms with van der Waals surface area (Å²) in [4.78, 5) is 0. The van der Waals surface area contributed by atoms with E-state index in [4.69, 9.17) is 0 Å². The van der Waals surface area contributed by atoms with Crippen LogP contribution >= 0.6 is 0 Å². The van der Waals surface area contributed by atoms with E-state index in [1.165, 1.54) is 11.1 Å². The van der Waals surface area contributed by atoms with Gasteiger partial charge in [0.15, 0.2) is 0 Å². The number of hydrogen-bond acceptors (Lipinski definition) is 3. The normalized spacial score (nSPS) is 10.7. The molecule has 3 nitrogen and oxygen atoms in total. The van der Waals surface area contributed by atoms with Crippen LogP contribution in [0.2, 0.25) is 0 Å². The Kier molecular flexibility index (Phi) is 3.60. The Balaban J connectivity index is 2.25. The molecule has 0 saturated carbocycles. The Hall–Kier alpha value is -1.90. The Morgan fingerprint density at radius 3 is 2.28 bits per heavy atom. The van der Waals surface area contributed by atoms with E-state index in [2.05, 4.69) is 61.4 Å². The summed E-state index contributed by atoms with van der Waals surface area (Å²) in [6, 6.07) is 10.7. The summed E-state index contributed by atoms with van der Waals surface area (Å²) in [5.74, 6) is 0.817. The first-order chi connectivity index (χ1) is 8.56. The molecule has 2 rings (SSSR count). The van der Waals surface area contributed by atoms with Crippen molar-refractivity contribution in [1.29, 1.82) is 0 Å². The highest BCUT2D eigenvalue weighted by Gasteiger charge is 2.03. The lowest BCUT2D eigenvalue weighted by Gasteiger charge is -2.09. The predicted molar refractivity (Wildman–Crippen MR) is 75.7 cm³/mol. The lowest BCUT2D eigenvalue weighted by molar-refractivity contribution is 0.874. The van der Waals surface area contributed by atoms with Crippen molar-refractivity contribution in [2.75, 3.05) is 5.32 Å². The zero-order valence-corrected chi connectivity index (χ0v) is 11.4. The fourth-order valence-electron chi connectivity index (χ4n) is 1.76. The van der Waals surface area contributed by atoms with Gasteiger partial charge in [0.25, 0.3) is 0 Å². The maximum absolute atomic E-state index is 4.26. The minimum absolute atomic E-state index is 0.367. The summed E-state index contributed by atoms with van der Waals surface area (Å²) in [7, 11) is 0. The Labute approximate surface area is 108 Å². The van der Waals surface area contributed by atoms with Crippen LogP contribution in [0.25, 0.3) is 11.3 Å². The summed E-state index contributed by atoms with van der Waals surface area (Å²) in [5.41, 5.74) is 4.59. The van der Waals surface area contributed by atoms with Crippen LogP contribution < -0.4 is 5.32 Å². The van der Waals surface area contributed by atoms with Gasteiger partial charge >= 0.3 is 0 Å². The largest absolute Gasteiger partial charge is 0.366 e. The first kappa shape index (κ1) is 12.6. The topological polar surface area (TPSA) is 37.8 Å². The van der Waals surface area contributed by atoms with E-state index in [0.717, 1.165) is 17.1 Å². The Bertz CT molecular complexity index is 530. The minimum atomic E-state index is 0.367. The number of anilines is 1. The van der Waals surface area contributed by atoms with E-state index in [0.29, 0.717) is 6.04 Å². The van der Waals surface area contributed by atoms with Crippen LogP contribution in [0.1, 0.15) is 25.0 Å². The van der Waals surface area contributed by atoms with Gasteiger partial charge in [0.2, 0.25) is 0 Å². The van der Waals surface area contributed by atoms with E-state index in [-0.39, 0.29) is 0 Å². The van der Waals surface area contributed by atoms with Gasteiger partial charge in [-0.3, -0.25) is 0 Å². The molecule has 3 heteroatoms. The monoisotopic (exact) mass is 241 g/mol. The molecule has 0 fully saturated rings. The highest BCUT2D eigenvalue weighted by atomic mass is 15.2. The highest BCUT2D eigenvalue weighted by molar-refractivity contribution is 5.61. The van der Waals surface area contributed by atoms with Crippen molar-refractivity contribution in [2.24, 2.45) is 0 Å². The number of benzene rings is 1. The number of nitrogens with one attached hydrogen (secondary N) is 1. The SMILES string of the molecule is Cc1ccc(-c2ccc(NC(C)C)nn2)cc1C. The predicted octanol–water partition coefficient (Wildman–Crippen LogP) is 3.58. The van der Waals surface area contributed by atoms with E-state index >= 15 is 0 Å². The molecule has 0 amide bonds. The molecule has 1 aromatic carbocycles. The van der Waals surface area contributed by atoms with Gasteiger partial charge < -0.3 is 5.32 Å². The van der Waals surface area contributed by atoms with Crippen molar-refractivity contribution < 1.29 is 0 Å². The number of aryl methyl sites for hydroxylation is 2. The average Bonchev–Trinajstić information content (AvgIpc) is 2.33. The minimum Gasteiger partial charge on any atom is -0.366 e. The summed E-state index contributed by atoms with van der Waals surface area (Å²) in [6.07, 6.45) is 0. The number of nitrogens with zero attached hydrogens (tertiary/aromatic N) is 2. The van der Waals surface area contributed by atoms with E-state index in [1.54, 1.807) is 0 Å². The quantitative estimate of drug-likeness (QED) is 0.892. The van der Waals surface area contributed by atoms with Gasteiger partial charge in [-0.2, -0.15) is 0 Å². The van der Waals surface area contributed by atoms with E-state index < -0.39 is 0 Å². The Morgan fingerprint density at radius 2 is 1.72 bits per heavy atom. The second-order valence-corrected chi connectivity index (χ2v) is 4.90. The maximum atomic E-state index is 4.26. The zero-order valence-electron chi connectivity index (χ0n) is 11.4. The summed E-state index contributed by atoms with van der Waals surface area (Å²) in [6.45, 7) is 8.39. The smallest absolute Gasteiger partial charge is 0.148 e. The van der Waals surface area contributed by atoms with Crippen LogP contribution in [0.15, 0.2) is 30.3 Å². The average molecular weight is 241 g/mol. The molecule has 0 bridgehead atoms. The van der Waals surface area contributed by atoms with Crippen molar-refractivity contribution in [3.63, 3.8) is 0 Å². The first-order valence-corrected chi connectivity index (χ1v) is 6.24. The van der Waals surface area contributed by atoms with Crippen LogP contribution in [0.3, 0.4) is 0 Å². The van der Waals surface area contributed by atoms with Crippen LogP contribution in [0.4, 0.5) is 5.82 Å². The second-order valence-electron chi connectivity index (χ2n) is 4.90. The molecule has 0 spiro atoms. The lowest BCUT2D eigenvalue weighted by Crippen LogP contribution is -2.11. The fraction of sp³-hybridized carbons (Fsp3) is 0.333. The molecule has 0 aliphatic rings. The zero-order chi connectivity index (χ0) is 13.1. The van der Waals surface area contributed by atoms with Crippen LogP contribution in [0, 0.1) is 13.8 Å². The lowest BCUT2D eigenvalue weighted by atomic mass is 10.0. The second kappa shape index (κ2) is 5.17. The van der Waals surface area contributed by atoms with Gasteiger partial charge in [0.1, 0.15) is 5.82 Å².